The summed E-state index contributed by atoms with van der Waals surface area (Å²) in [5.41, 5.74) is 3.79. The lowest BCUT2D eigenvalue weighted by Gasteiger charge is -2.26. The molecule has 0 fully saturated rings. The highest BCUT2D eigenvalue weighted by molar-refractivity contribution is 7.11. The monoisotopic (exact) mass is 389 g/mol. The summed E-state index contributed by atoms with van der Waals surface area (Å²) in [5, 5.41) is 21.9. The van der Waals surface area contributed by atoms with E-state index >= 15 is 0 Å². The first-order valence-corrected chi connectivity index (χ1v) is 10.3. The molecule has 142 valence electrons. The second kappa shape index (κ2) is 7.98. The SMILES string of the molecule is C[C@@H](CCc1ccccc1)N1CC(O)=C(c2nc(-c3ccccc3)cs2)C1=N. The van der Waals surface area contributed by atoms with Crippen LogP contribution in [-0.2, 0) is 6.42 Å². The van der Waals surface area contributed by atoms with Crippen LogP contribution in [0.3, 0.4) is 0 Å². The maximum Gasteiger partial charge on any atom is 0.135 e. The van der Waals surface area contributed by atoms with Gasteiger partial charge < -0.3 is 10.0 Å². The van der Waals surface area contributed by atoms with Crippen molar-refractivity contribution in [2.75, 3.05) is 6.54 Å². The summed E-state index contributed by atoms with van der Waals surface area (Å²) in [6, 6.07) is 20.5. The molecule has 0 saturated heterocycles. The average Bonchev–Trinajstić information content (AvgIpc) is 3.32. The predicted octanol–water partition coefficient (Wildman–Crippen LogP) is 5.39. The van der Waals surface area contributed by atoms with Gasteiger partial charge in [-0.3, -0.25) is 5.41 Å². The number of benzene rings is 2. The van der Waals surface area contributed by atoms with Crippen molar-refractivity contribution in [3.05, 3.63) is 82.4 Å². The zero-order valence-corrected chi connectivity index (χ0v) is 16.6. The Labute approximate surface area is 169 Å². The Morgan fingerprint density at radius 2 is 1.79 bits per heavy atom. The van der Waals surface area contributed by atoms with E-state index in [2.05, 4.69) is 36.2 Å². The van der Waals surface area contributed by atoms with Gasteiger partial charge in [-0.2, -0.15) is 0 Å². The number of aliphatic hydroxyl groups is 1. The molecule has 1 aliphatic heterocycles. The van der Waals surface area contributed by atoms with Gasteiger partial charge in [0.05, 0.1) is 17.8 Å². The molecule has 2 N–H and O–H groups in total. The molecule has 3 aromatic rings. The van der Waals surface area contributed by atoms with Crippen molar-refractivity contribution in [2.24, 2.45) is 0 Å². The van der Waals surface area contributed by atoms with Crippen LogP contribution in [0.25, 0.3) is 16.8 Å². The number of hydrogen-bond acceptors (Lipinski definition) is 4. The van der Waals surface area contributed by atoms with E-state index in [0.29, 0.717) is 23.0 Å². The van der Waals surface area contributed by atoms with E-state index in [1.807, 2.05) is 46.7 Å². The van der Waals surface area contributed by atoms with Gasteiger partial charge in [0.15, 0.2) is 0 Å². The van der Waals surface area contributed by atoms with Gasteiger partial charge in [0.1, 0.15) is 16.6 Å². The summed E-state index contributed by atoms with van der Waals surface area (Å²) in [6.45, 7) is 2.50. The molecular formula is C23H23N3OS. The lowest BCUT2D eigenvalue weighted by molar-refractivity contribution is 0.296. The minimum atomic E-state index is 0.168. The third-order valence-corrected chi connectivity index (χ3v) is 6.01. The van der Waals surface area contributed by atoms with Crippen LogP contribution in [0.2, 0.25) is 0 Å². The summed E-state index contributed by atoms with van der Waals surface area (Å²) < 4.78 is 0. The van der Waals surface area contributed by atoms with E-state index < -0.39 is 0 Å². The molecule has 4 nitrogen and oxygen atoms in total. The molecule has 2 aromatic carbocycles. The average molecular weight is 390 g/mol. The maximum absolute atomic E-state index is 10.6. The largest absolute Gasteiger partial charge is 0.510 e. The number of rotatable bonds is 6. The van der Waals surface area contributed by atoms with Crippen LogP contribution < -0.4 is 0 Å². The molecule has 2 heterocycles. The summed E-state index contributed by atoms with van der Waals surface area (Å²) in [4.78, 5) is 6.65. The van der Waals surface area contributed by atoms with Gasteiger partial charge in [0, 0.05) is 17.0 Å². The van der Waals surface area contributed by atoms with Crippen molar-refractivity contribution >= 4 is 22.7 Å². The van der Waals surface area contributed by atoms with Crippen LogP contribution in [0.1, 0.15) is 23.9 Å². The molecule has 4 rings (SSSR count). The van der Waals surface area contributed by atoms with Crippen LogP contribution in [0.5, 0.6) is 0 Å². The number of aliphatic hydroxyl groups excluding tert-OH is 1. The van der Waals surface area contributed by atoms with Crippen molar-refractivity contribution < 1.29 is 5.11 Å². The minimum absolute atomic E-state index is 0.168. The molecule has 0 aliphatic carbocycles. The normalized spacial score (nSPS) is 15.3. The smallest absolute Gasteiger partial charge is 0.135 e. The number of thiazole rings is 1. The molecule has 28 heavy (non-hydrogen) atoms. The van der Waals surface area contributed by atoms with Gasteiger partial charge in [-0.1, -0.05) is 60.7 Å². The van der Waals surface area contributed by atoms with Gasteiger partial charge >= 0.3 is 0 Å². The van der Waals surface area contributed by atoms with Crippen LogP contribution in [0.15, 0.2) is 71.8 Å². The molecule has 0 radical (unpaired) electrons. The number of hydrogen-bond donors (Lipinski definition) is 2. The molecule has 0 unspecified atom stereocenters. The third kappa shape index (κ3) is 3.71. The first-order valence-electron chi connectivity index (χ1n) is 9.46. The molecule has 0 saturated carbocycles. The predicted molar refractivity (Wildman–Crippen MR) is 116 cm³/mol. The van der Waals surface area contributed by atoms with Crippen LogP contribution in [-0.4, -0.2) is 33.4 Å². The van der Waals surface area contributed by atoms with Crippen molar-refractivity contribution in [3.63, 3.8) is 0 Å². The summed E-state index contributed by atoms with van der Waals surface area (Å²) >= 11 is 1.48. The van der Waals surface area contributed by atoms with Crippen LogP contribution in [0.4, 0.5) is 0 Å². The Kier molecular flexibility index (Phi) is 5.26. The standard InChI is InChI=1S/C23H23N3OS/c1-16(12-13-17-8-4-2-5-9-17)26-14-20(27)21(22(26)24)23-25-19(15-28-23)18-10-6-3-7-11-18/h2-11,15-16,24,27H,12-14H2,1H3/t16-/m0/s1. The van der Waals surface area contributed by atoms with E-state index in [-0.39, 0.29) is 11.8 Å². The molecule has 1 aromatic heterocycles. The highest BCUT2D eigenvalue weighted by Gasteiger charge is 2.32. The van der Waals surface area contributed by atoms with Crippen molar-refractivity contribution in [2.45, 2.75) is 25.8 Å². The second-order valence-corrected chi connectivity index (χ2v) is 7.93. The fourth-order valence-corrected chi connectivity index (χ4v) is 4.40. The Balaban J connectivity index is 1.47. The third-order valence-electron chi connectivity index (χ3n) is 5.15. The first kappa shape index (κ1) is 18.4. The van der Waals surface area contributed by atoms with Crippen LogP contribution >= 0.6 is 11.3 Å². The summed E-state index contributed by atoms with van der Waals surface area (Å²) in [7, 11) is 0. The molecule has 0 spiro atoms. The number of aromatic nitrogens is 1. The molecule has 0 bridgehead atoms. The highest BCUT2D eigenvalue weighted by Crippen LogP contribution is 2.33. The molecule has 1 aliphatic rings. The van der Waals surface area contributed by atoms with Gasteiger partial charge in [-0.15, -0.1) is 11.3 Å². The molecule has 0 amide bonds. The summed E-state index contributed by atoms with van der Waals surface area (Å²) in [5.74, 6) is 0.609. The zero-order valence-electron chi connectivity index (χ0n) is 15.8. The van der Waals surface area contributed by atoms with Crippen molar-refractivity contribution in [1.29, 1.82) is 5.41 Å². The van der Waals surface area contributed by atoms with Crippen molar-refractivity contribution in [3.8, 4) is 11.3 Å². The Morgan fingerprint density at radius 3 is 2.50 bits per heavy atom. The molecule has 1 atom stereocenters. The topological polar surface area (TPSA) is 60.2 Å². The Hall–Kier alpha value is -2.92. The maximum atomic E-state index is 10.6. The fraction of sp³-hybridized carbons (Fsp3) is 0.217. The van der Waals surface area contributed by atoms with Gasteiger partial charge in [0.25, 0.3) is 0 Å². The van der Waals surface area contributed by atoms with Gasteiger partial charge in [-0.25, -0.2) is 4.98 Å². The van der Waals surface area contributed by atoms with E-state index in [1.165, 1.54) is 16.9 Å². The molecule has 5 heteroatoms. The molecular weight excluding hydrogens is 366 g/mol. The lowest BCUT2D eigenvalue weighted by Crippen LogP contribution is -2.35. The van der Waals surface area contributed by atoms with Crippen molar-refractivity contribution in [1.82, 2.24) is 9.88 Å². The van der Waals surface area contributed by atoms with Gasteiger partial charge in [-0.05, 0) is 25.3 Å². The zero-order chi connectivity index (χ0) is 19.5. The van der Waals surface area contributed by atoms with Crippen LogP contribution in [0, 0.1) is 5.41 Å². The number of nitrogens with zero attached hydrogens (tertiary/aromatic N) is 2. The summed E-state index contributed by atoms with van der Waals surface area (Å²) in [6.07, 6.45) is 1.89. The second-order valence-electron chi connectivity index (χ2n) is 7.08. The Morgan fingerprint density at radius 1 is 1.11 bits per heavy atom. The van der Waals surface area contributed by atoms with E-state index in [4.69, 9.17) is 5.41 Å². The fourth-order valence-electron chi connectivity index (χ4n) is 3.51. The lowest BCUT2D eigenvalue weighted by atomic mass is 10.1. The van der Waals surface area contributed by atoms with E-state index in [0.717, 1.165) is 24.1 Å². The number of amidine groups is 1. The minimum Gasteiger partial charge on any atom is -0.510 e. The van der Waals surface area contributed by atoms with E-state index in [1.54, 1.807) is 0 Å². The number of aryl methyl sites for hydroxylation is 1. The van der Waals surface area contributed by atoms with E-state index in [9.17, 15) is 5.11 Å². The Bertz CT molecular complexity index is 995. The number of nitrogens with one attached hydrogen (secondary N) is 1. The van der Waals surface area contributed by atoms with Gasteiger partial charge in [0.2, 0.25) is 0 Å². The highest BCUT2D eigenvalue weighted by atomic mass is 32.1. The first-order chi connectivity index (χ1) is 13.6. The quantitative estimate of drug-likeness (QED) is 0.594.